The number of imidazole rings is 1. The molecule has 4 aromatic carbocycles. The molecular formula is C39H40N5O5P. The van der Waals surface area contributed by atoms with Gasteiger partial charge in [0.25, 0.3) is 0 Å². The van der Waals surface area contributed by atoms with E-state index in [-0.39, 0.29) is 25.0 Å². The lowest BCUT2D eigenvalue weighted by atomic mass is 9.77. The molecule has 0 saturated heterocycles. The normalized spacial score (nSPS) is 16.1. The van der Waals surface area contributed by atoms with Gasteiger partial charge in [-0.25, -0.2) is 19.5 Å². The van der Waals surface area contributed by atoms with E-state index in [2.05, 4.69) is 67.5 Å². The third-order valence-electron chi connectivity index (χ3n) is 8.92. The first-order valence-electron chi connectivity index (χ1n) is 16.5. The zero-order valence-corrected chi connectivity index (χ0v) is 29.5. The van der Waals surface area contributed by atoms with Crippen LogP contribution in [0.1, 0.15) is 48.6 Å². The number of hydrogen-bond donors (Lipinski definition) is 1. The quantitative estimate of drug-likeness (QED) is 0.0816. The molecule has 50 heavy (non-hydrogen) atoms. The van der Waals surface area contributed by atoms with Crippen molar-refractivity contribution >= 4 is 24.6 Å². The Morgan fingerprint density at radius 3 is 2.18 bits per heavy atom. The number of benzene rings is 4. The van der Waals surface area contributed by atoms with E-state index in [9.17, 15) is 4.57 Å². The van der Waals surface area contributed by atoms with Crippen LogP contribution in [0.2, 0.25) is 0 Å². The molecule has 1 aliphatic heterocycles. The van der Waals surface area contributed by atoms with E-state index in [1.54, 1.807) is 13.4 Å². The maximum Gasteiger partial charge on any atom is 0.405 e. The molecule has 256 valence electrons. The predicted molar refractivity (Wildman–Crippen MR) is 194 cm³/mol. The fourth-order valence-corrected chi connectivity index (χ4v) is 7.74. The molecule has 6 aromatic rings. The lowest BCUT2D eigenvalue weighted by Gasteiger charge is -2.37. The van der Waals surface area contributed by atoms with Crippen LogP contribution in [0, 0.1) is 0 Å². The maximum atomic E-state index is 13.6. The summed E-state index contributed by atoms with van der Waals surface area (Å²) in [5.74, 6) is 1.97. The van der Waals surface area contributed by atoms with Crippen molar-refractivity contribution in [3.8, 4) is 11.5 Å². The van der Waals surface area contributed by atoms with Gasteiger partial charge in [0.15, 0.2) is 17.8 Å². The molecule has 7 rings (SSSR count). The van der Waals surface area contributed by atoms with Gasteiger partial charge in [-0.2, -0.15) is 0 Å². The number of nitrogens with one attached hydrogen (secondary N) is 1. The first-order valence-corrected chi connectivity index (χ1v) is 18.3. The second kappa shape index (κ2) is 13.7. The molecule has 3 heterocycles. The number of fused-ring (bicyclic) bond motifs is 2. The third-order valence-corrected chi connectivity index (χ3v) is 10.4. The van der Waals surface area contributed by atoms with Crippen LogP contribution in [-0.2, 0) is 37.9 Å². The molecule has 0 radical (unpaired) electrons. The molecule has 1 aliphatic rings. The lowest BCUT2D eigenvalue weighted by Crippen LogP contribution is -2.38. The summed E-state index contributed by atoms with van der Waals surface area (Å²) in [6.07, 6.45) is 3.08. The van der Waals surface area contributed by atoms with Gasteiger partial charge in [-0.15, -0.1) is 0 Å². The average Bonchev–Trinajstić information content (AvgIpc) is 3.56. The largest absolute Gasteiger partial charge is 0.497 e. The van der Waals surface area contributed by atoms with Crippen molar-refractivity contribution in [3.05, 3.63) is 144 Å². The molecule has 0 amide bonds. The molecule has 0 spiro atoms. The highest BCUT2D eigenvalue weighted by molar-refractivity contribution is 7.54. The third kappa shape index (κ3) is 6.50. The van der Waals surface area contributed by atoms with Crippen molar-refractivity contribution in [1.82, 2.24) is 19.5 Å². The summed E-state index contributed by atoms with van der Waals surface area (Å²) in [4.78, 5) is 14.0. The first kappa shape index (κ1) is 33.5. The zero-order chi connectivity index (χ0) is 34.8. The monoisotopic (exact) mass is 689 g/mol. The van der Waals surface area contributed by atoms with Gasteiger partial charge in [0.1, 0.15) is 28.9 Å². The smallest absolute Gasteiger partial charge is 0.405 e. The molecule has 1 atom stereocenters. The number of anilines is 1. The summed E-state index contributed by atoms with van der Waals surface area (Å²) in [6.45, 7) is 7.18. The lowest BCUT2D eigenvalue weighted by molar-refractivity contribution is 0.132. The maximum absolute atomic E-state index is 13.6. The number of rotatable bonds is 11. The Labute approximate surface area is 292 Å². The van der Waals surface area contributed by atoms with Crippen LogP contribution in [0.4, 0.5) is 5.82 Å². The zero-order valence-electron chi connectivity index (χ0n) is 28.6. The molecular weight excluding hydrogens is 649 g/mol. The van der Waals surface area contributed by atoms with Crippen molar-refractivity contribution < 1.29 is 23.1 Å². The molecule has 1 unspecified atom stereocenters. The topological polar surface area (TPSA) is 110 Å². The Hall–Kier alpha value is -5.02. The van der Waals surface area contributed by atoms with Crippen LogP contribution >= 0.6 is 7.60 Å². The van der Waals surface area contributed by atoms with Gasteiger partial charge in [0.2, 0.25) is 0 Å². The SMILES string of the molecule is COc1ccc(C(Nc2ncnc3c2ncn3CCOCP2(=O)OCc3cccc(C(C)(C)C)c3O2)(c2ccccc2)c2ccccc2)cc1. The Balaban J connectivity index is 1.14. The highest BCUT2D eigenvalue weighted by Crippen LogP contribution is 2.55. The van der Waals surface area contributed by atoms with E-state index < -0.39 is 13.1 Å². The van der Waals surface area contributed by atoms with Gasteiger partial charge in [-0.3, -0.25) is 4.52 Å². The highest BCUT2D eigenvalue weighted by atomic mass is 31.2. The van der Waals surface area contributed by atoms with Crippen molar-refractivity contribution in [1.29, 1.82) is 0 Å². The highest BCUT2D eigenvalue weighted by Gasteiger charge is 2.38. The predicted octanol–water partition coefficient (Wildman–Crippen LogP) is 8.31. The van der Waals surface area contributed by atoms with Crippen LogP contribution in [0.15, 0.2) is 116 Å². The Bertz CT molecular complexity index is 2090. The molecule has 1 N–H and O–H groups in total. The fraction of sp³-hybridized carbons (Fsp3) is 0.256. The molecule has 0 bridgehead atoms. The van der Waals surface area contributed by atoms with Crippen LogP contribution in [-0.4, -0.2) is 39.6 Å². The minimum absolute atomic E-state index is 0.169. The second-order valence-corrected chi connectivity index (χ2v) is 15.1. The number of ether oxygens (including phenoxy) is 2. The summed E-state index contributed by atoms with van der Waals surface area (Å²) < 4.78 is 38.6. The number of methoxy groups -OCH3 is 1. The van der Waals surface area contributed by atoms with Gasteiger partial charge < -0.3 is 23.9 Å². The second-order valence-electron chi connectivity index (χ2n) is 13.2. The van der Waals surface area contributed by atoms with E-state index >= 15 is 0 Å². The molecule has 0 saturated carbocycles. The molecule has 0 fully saturated rings. The van der Waals surface area contributed by atoms with Crippen LogP contribution in [0.3, 0.4) is 0 Å². The molecule has 2 aromatic heterocycles. The standard InChI is InChI=1S/C39H40N5O5P/c1-38(2,3)33-17-11-12-28-24-48-50(45,49-35(28)33)27-47-23-22-44-26-42-34-36(40-25-41-37(34)44)43-39(29-13-7-5-8-14-29,30-15-9-6-10-16-30)31-18-20-32(46-4)21-19-31/h5-21,25-26H,22-24,27H2,1-4H3,(H,40,41,43). The summed E-state index contributed by atoms with van der Waals surface area (Å²) in [7, 11) is -1.85. The number of nitrogens with zero attached hydrogens (tertiary/aromatic N) is 4. The summed E-state index contributed by atoms with van der Waals surface area (Å²) >= 11 is 0. The van der Waals surface area contributed by atoms with Crippen molar-refractivity contribution in [2.24, 2.45) is 0 Å². The average molecular weight is 690 g/mol. The van der Waals surface area contributed by atoms with Crippen LogP contribution in [0.25, 0.3) is 11.2 Å². The summed E-state index contributed by atoms with van der Waals surface area (Å²) in [6, 6.07) is 34.5. The van der Waals surface area contributed by atoms with E-state index in [0.717, 1.165) is 33.6 Å². The number of aromatic nitrogens is 4. The van der Waals surface area contributed by atoms with Gasteiger partial charge in [-0.05, 0) is 34.2 Å². The van der Waals surface area contributed by atoms with Crippen LogP contribution in [0.5, 0.6) is 11.5 Å². The Morgan fingerprint density at radius 2 is 1.52 bits per heavy atom. The summed E-state index contributed by atoms with van der Waals surface area (Å²) in [5.41, 5.74) is 5.15. The van der Waals surface area contributed by atoms with Crippen LogP contribution < -0.4 is 14.6 Å². The fourth-order valence-electron chi connectivity index (χ4n) is 6.38. The van der Waals surface area contributed by atoms with Gasteiger partial charge in [0.05, 0.1) is 26.7 Å². The minimum atomic E-state index is -3.51. The van der Waals surface area contributed by atoms with Crippen molar-refractivity contribution in [2.75, 3.05) is 25.4 Å². The molecule has 10 nitrogen and oxygen atoms in total. The first-order chi connectivity index (χ1) is 24.2. The van der Waals surface area contributed by atoms with E-state index in [1.807, 2.05) is 71.3 Å². The minimum Gasteiger partial charge on any atom is -0.497 e. The van der Waals surface area contributed by atoms with E-state index in [4.69, 9.17) is 28.5 Å². The Morgan fingerprint density at radius 1 is 0.840 bits per heavy atom. The van der Waals surface area contributed by atoms with E-state index in [0.29, 0.717) is 29.3 Å². The van der Waals surface area contributed by atoms with Gasteiger partial charge in [0, 0.05) is 17.7 Å². The number of hydrogen-bond acceptors (Lipinski definition) is 9. The summed E-state index contributed by atoms with van der Waals surface area (Å²) in [5, 5.41) is 3.80. The van der Waals surface area contributed by atoms with Gasteiger partial charge >= 0.3 is 7.60 Å². The molecule has 11 heteroatoms. The van der Waals surface area contributed by atoms with Crippen molar-refractivity contribution in [2.45, 2.75) is 44.9 Å². The number of para-hydroxylation sites is 1. The van der Waals surface area contributed by atoms with Gasteiger partial charge in [-0.1, -0.05) is 112 Å². The van der Waals surface area contributed by atoms with Crippen molar-refractivity contribution in [3.63, 3.8) is 0 Å². The van der Waals surface area contributed by atoms with E-state index in [1.165, 1.54) is 6.33 Å². The Kier molecular flexibility index (Phi) is 9.18. The molecule has 0 aliphatic carbocycles.